The molecule has 0 fully saturated rings. The molecule has 0 bridgehead atoms. The molecule has 0 unspecified atom stereocenters. The summed E-state index contributed by atoms with van der Waals surface area (Å²) in [5.74, 6) is 0. The zero-order valence-electron chi connectivity index (χ0n) is 12.5. The first-order valence-electron chi connectivity index (χ1n) is 7.09. The molecule has 2 heterocycles. The molecule has 0 atom stereocenters. The number of aromatic nitrogens is 3. The first kappa shape index (κ1) is 15.7. The first-order chi connectivity index (χ1) is 11.2. The van der Waals surface area contributed by atoms with Crippen LogP contribution in [0.5, 0.6) is 0 Å². The number of thiazole rings is 1. The van der Waals surface area contributed by atoms with Crippen LogP contribution in [0.4, 0.5) is 5.69 Å². The summed E-state index contributed by atoms with van der Waals surface area (Å²) in [6, 6.07) is 9.22. The maximum atomic E-state index is 12.5. The van der Waals surface area contributed by atoms with Gasteiger partial charge < -0.3 is 4.90 Å². The zero-order valence-corrected chi connectivity index (χ0v) is 14.1. The molecular weight excluding hydrogens is 332 g/mol. The van der Waals surface area contributed by atoms with Crippen LogP contribution >= 0.6 is 22.9 Å². The Morgan fingerprint density at radius 2 is 2.09 bits per heavy atom. The summed E-state index contributed by atoms with van der Waals surface area (Å²) >= 11 is 7.89. The molecule has 7 heteroatoms. The Morgan fingerprint density at radius 3 is 2.78 bits per heavy atom. The molecule has 0 aliphatic heterocycles. The van der Waals surface area contributed by atoms with Gasteiger partial charge >= 0.3 is 0 Å². The Hall–Kier alpha value is -2.18. The SMILES string of the molecule is CN(CCc1nccs1)c1cnn(-c2ccccc2)c(=O)c1Cl. The van der Waals surface area contributed by atoms with E-state index in [9.17, 15) is 4.79 Å². The van der Waals surface area contributed by atoms with Crippen LogP contribution in [0.25, 0.3) is 5.69 Å². The molecule has 0 radical (unpaired) electrons. The molecule has 0 saturated carbocycles. The van der Waals surface area contributed by atoms with E-state index in [1.54, 1.807) is 23.7 Å². The van der Waals surface area contributed by atoms with Crippen LogP contribution in [0.3, 0.4) is 0 Å². The molecule has 0 spiro atoms. The standard InChI is InChI=1S/C16H15ClN4OS/c1-20(9-7-14-18-8-10-23-14)13-11-19-21(16(22)15(13)17)12-5-3-2-4-6-12/h2-6,8,10-11H,7,9H2,1H3. The second-order valence-corrected chi connectivity index (χ2v) is 6.35. The highest BCUT2D eigenvalue weighted by Gasteiger charge is 2.14. The van der Waals surface area contributed by atoms with Gasteiger partial charge in [0.05, 0.1) is 22.6 Å². The lowest BCUT2D eigenvalue weighted by Gasteiger charge is -2.19. The van der Waals surface area contributed by atoms with E-state index < -0.39 is 0 Å². The average Bonchev–Trinajstić information content (AvgIpc) is 3.09. The number of halogens is 1. The van der Waals surface area contributed by atoms with E-state index in [2.05, 4.69) is 10.1 Å². The summed E-state index contributed by atoms with van der Waals surface area (Å²) in [4.78, 5) is 18.6. The number of rotatable bonds is 5. The molecule has 23 heavy (non-hydrogen) atoms. The average molecular weight is 347 g/mol. The maximum absolute atomic E-state index is 12.5. The molecule has 2 aromatic heterocycles. The number of para-hydroxylation sites is 1. The lowest BCUT2D eigenvalue weighted by atomic mass is 10.3. The molecular formula is C16H15ClN4OS. The monoisotopic (exact) mass is 346 g/mol. The lowest BCUT2D eigenvalue weighted by Crippen LogP contribution is -2.27. The van der Waals surface area contributed by atoms with Gasteiger partial charge in [0.15, 0.2) is 0 Å². The van der Waals surface area contributed by atoms with E-state index in [0.29, 0.717) is 17.9 Å². The van der Waals surface area contributed by atoms with E-state index in [1.165, 1.54) is 4.68 Å². The molecule has 1 aromatic carbocycles. The van der Waals surface area contributed by atoms with Crippen molar-refractivity contribution in [1.82, 2.24) is 14.8 Å². The van der Waals surface area contributed by atoms with Crippen LogP contribution in [0.15, 0.2) is 52.9 Å². The number of hydrogen-bond acceptors (Lipinski definition) is 5. The first-order valence-corrected chi connectivity index (χ1v) is 8.35. The number of likely N-dealkylation sites (N-methyl/N-ethyl adjacent to an activating group) is 1. The Labute approximate surface area is 142 Å². The number of benzene rings is 1. The van der Waals surface area contributed by atoms with Gasteiger partial charge in [-0.1, -0.05) is 29.8 Å². The van der Waals surface area contributed by atoms with Crippen molar-refractivity contribution in [2.45, 2.75) is 6.42 Å². The van der Waals surface area contributed by atoms with Crippen LogP contribution in [-0.2, 0) is 6.42 Å². The highest BCUT2D eigenvalue weighted by Crippen LogP contribution is 2.21. The molecule has 0 saturated heterocycles. The minimum atomic E-state index is -0.323. The fraction of sp³-hybridized carbons (Fsp3) is 0.188. The fourth-order valence-electron chi connectivity index (χ4n) is 2.20. The minimum Gasteiger partial charge on any atom is -0.372 e. The van der Waals surface area contributed by atoms with Crippen molar-refractivity contribution in [3.8, 4) is 5.69 Å². The lowest BCUT2D eigenvalue weighted by molar-refractivity contribution is 0.791. The van der Waals surface area contributed by atoms with Crippen LogP contribution < -0.4 is 10.5 Å². The third kappa shape index (κ3) is 3.43. The molecule has 5 nitrogen and oxygen atoms in total. The van der Waals surface area contributed by atoms with Gasteiger partial charge in [0.25, 0.3) is 5.56 Å². The van der Waals surface area contributed by atoms with Crippen LogP contribution in [0.1, 0.15) is 5.01 Å². The third-order valence-corrected chi connectivity index (χ3v) is 4.65. The summed E-state index contributed by atoms with van der Waals surface area (Å²) in [6.45, 7) is 0.712. The smallest absolute Gasteiger partial charge is 0.292 e. The van der Waals surface area contributed by atoms with E-state index in [4.69, 9.17) is 11.6 Å². The quantitative estimate of drug-likeness (QED) is 0.712. The summed E-state index contributed by atoms with van der Waals surface area (Å²) in [6.07, 6.45) is 4.21. The van der Waals surface area contributed by atoms with Gasteiger partial charge in [-0.2, -0.15) is 9.78 Å². The predicted molar refractivity (Wildman–Crippen MR) is 93.9 cm³/mol. The number of anilines is 1. The Bertz CT molecular complexity index is 833. The van der Waals surface area contributed by atoms with Gasteiger partial charge in [-0.3, -0.25) is 4.79 Å². The van der Waals surface area contributed by atoms with Gasteiger partial charge in [0, 0.05) is 31.6 Å². The molecule has 0 aliphatic rings. The van der Waals surface area contributed by atoms with Crippen molar-refractivity contribution >= 4 is 28.6 Å². The Morgan fingerprint density at radius 1 is 1.30 bits per heavy atom. The molecule has 118 valence electrons. The maximum Gasteiger partial charge on any atom is 0.292 e. The van der Waals surface area contributed by atoms with Crippen LogP contribution in [0, 0.1) is 0 Å². The minimum absolute atomic E-state index is 0.172. The molecule has 0 aliphatic carbocycles. The second-order valence-electron chi connectivity index (χ2n) is 4.99. The summed E-state index contributed by atoms with van der Waals surface area (Å²) in [5.41, 5.74) is 0.994. The fourth-order valence-corrected chi connectivity index (χ4v) is 3.09. The largest absolute Gasteiger partial charge is 0.372 e. The highest BCUT2D eigenvalue weighted by atomic mass is 35.5. The van der Waals surface area contributed by atoms with E-state index >= 15 is 0 Å². The summed E-state index contributed by atoms with van der Waals surface area (Å²) in [7, 11) is 1.89. The van der Waals surface area contributed by atoms with Crippen LogP contribution in [0.2, 0.25) is 5.02 Å². The number of nitrogens with zero attached hydrogens (tertiary/aromatic N) is 4. The molecule has 0 N–H and O–H groups in total. The van der Waals surface area contributed by atoms with Crippen molar-refractivity contribution in [3.05, 3.63) is 68.5 Å². The second kappa shape index (κ2) is 6.93. The third-order valence-electron chi connectivity index (χ3n) is 3.46. The molecule has 3 aromatic rings. The van der Waals surface area contributed by atoms with E-state index in [0.717, 1.165) is 11.4 Å². The van der Waals surface area contributed by atoms with Gasteiger partial charge in [0.1, 0.15) is 5.02 Å². The normalized spacial score (nSPS) is 10.7. The van der Waals surface area contributed by atoms with Crippen molar-refractivity contribution in [2.24, 2.45) is 0 Å². The van der Waals surface area contributed by atoms with Gasteiger partial charge in [-0.25, -0.2) is 4.98 Å². The van der Waals surface area contributed by atoms with Crippen LogP contribution in [-0.4, -0.2) is 28.4 Å². The van der Waals surface area contributed by atoms with Crippen molar-refractivity contribution in [2.75, 3.05) is 18.5 Å². The van der Waals surface area contributed by atoms with Gasteiger partial charge in [-0.15, -0.1) is 11.3 Å². The zero-order chi connectivity index (χ0) is 16.2. The predicted octanol–water partition coefficient (Wildman–Crippen LogP) is 3.02. The molecule has 3 rings (SSSR count). The summed E-state index contributed by atoms with van der Waals surface area (Å²) in [5, 5.41) is 7.42. The van der Waals surface area contributed by atoms with Crippen molar-refractivity contribution < 1.29 is 0 Å². The topological polar surface area (TPSA) is 51.0 Å². The van der Waals surface area contributed by atoms with E-state index in [-0.39, 0.29) is 10.6 Å². The highest BCUT2D eigenvalue weighted by molar-refractivity contribution is 7.09. The number of hydrogen-bond donors (Lipinski definition) is 0. The van der Waals surface area contributed by atoms with Gasteiger partial charge in [0.2, 0.25) is 0 Å². The van der Waals surface area contributed by atoms with Crippen molar-refractivity contribution in [3.63, 3.8) is 0 Å². The summed E-state index contributed by atoms with van der Waals surface area (Å²) < 4.78 is 1.31. The Balaban J connectivity index is 1.84. The van der Waals surface area contributed by atoms with E-state index in [1.807, 2.05) is 47.7 Å². The molecule has 0 amide bonds. The van der Waals surface area contributed by atoms with Gasteiger partial charge in [-0.05, 0) is 12.1 Å². The van der Waals surface area contributed by atoms with Crippen molar-refractivity contribution in [1.29, 1.82) is 0 Å². The Kier molecular flexibility index (Phi) is 4.73.